The number of hydrogen-bond acceptors (Lipinski definition) is 3. The maximum atomic E-state index is 11.7. The molecule has 16 heavy (non-hydrogen) atoms. The number of carbonyl (C=O) groups is 1. The van der Waals surface area contributed by atoms with E-state index in [0.717, 1.165) is 23.0 Å². The van der Waals surface area contributed by atoms with Crippen LogP contribution < -0.4 is 5.69 Å². The van der Waals surface area contributed by atoms with Gasteiger partial charge in [0.2, 0.25) is 0 Å². The van der Waals surface area contributed by atoms with E-state index >= 15 is 0 Å². The number of carbonyl (C=O) groups excluding carboxylic acids is 1. The van der Waals surface area contributed by atoms with Crippen molar-refractivity contribution in [3.63, 3.8) is 0 Å². The number of rotatable bonds is 3. The molecule has 0 radical (unpaired) electrons. The van der Waals surface area contributed by atoms with Crippen molar-refractivity contribution >= 4 is 21.7 Å². The van der Waals surface area contributed by atoms with Gasteiger partial charge in [0, 0.05) is 11.6 Å². The molecule has 0 N–H and O–H groups in total. The Labute approximate surface area is 102 Å². The molecule has 1 fully saturated rings. The molecule has 4 nitrogen and oxygen atoms in total. The zero-order chi connectivity index (χ0) is 11.9. The fourth-order valence-corrected chi connectivity index (χ4v) is 1.96. The highest BCUT2D eigenvalue weighted by molar-refractivity contribution is 9.10. The minimum Gasteiger partial charge on any atom is -0.297 e. The zero-order valence-corrected chi connectivity index (χ0v) is 10.9. The maximum absolute atomic E-state index is 11.7. The van der Waals surface area contributed by atoms with E-state index in [-0.39, 0.29) is 23.9 Å². The van der Waals surface area contributed by atoms with Crippen molar-refractivity contribution in [1.82, 2.24) is 9.55 Å². The molecule has 0 amide bonds. The summed E-state index contributed by atoms with van der Waals surface area (Å²) in [5.41, 5.74) is 1.09. The Morgan fingerprint density at radius 2 is 2.12 bits per heavy atom. The molecule has 0 saturated heterocycles. The Morgan fingerprint density at radius 3 is 2.69 bits per heavy atom. The highest BCUT2D eigenvalue weighted by Crippen LogP contribution is 2.30. The van der Waals surface area contributed by atoms with Crippen LogP contribution in [0.5, 0.6) is 0 Å². The number of hydrogen-bond donors (Lipinski definition) is 0. The quantitative estimate of drug-likeness (QED) is 0.847. The normalized spacial score (nSPS) is 15.2. The van der Waals surface area contributed by atoms with Gasteiger partial charge >= 0.3 is 5.69 Å². The third kappa shape index (κ3) is 2.09. The Hall–Kier alpha value is -0.970. The Balaban J connectivity index is 2.36. The molecule has 86 valence electrons. The molecule has 0 atom stereocenters. The van der Waals surface area contributed by atoms with Crippen LogP contribution in [0.4, 0.5) is 0 Å². The molecule has 2 rings (SSSR count). The van der Waals surface area contributed by atoms with E-state index in [4.69, 9.17) is 0 Å². The number of aryl methyl sites for hydroxylation is 1. The van der Waals surface area contributed by atoms with Crippen LogP contribution >= 0.6 is 15.9 Å². The van der Waals surface area contributed by atoms with E-state index in [1.54, 1.807) is 6.92 Å². The molecule has 1 aromatic rings. The minimum atomic E-state index is -0.341. The van der Waals surface area contributed by atoms with E-state index in [9.17, 15) is 9.59 Å². The van der Waals surface area contributed by atoms with Crippen LogP contribution in [0, 0.1) is 19.8 Å². The van der Waals surface area contributed by atoms with Gasteiger partial charge in [0.25, 0.3) is 0 Å². The van der Waals surface area contributed by atoms with Crippen LogP contribution in [-0.4, -0.2) is 15.3 Å². The van der Waals surface area contributed by atoms with Crippen LogP contribution in [0.3, 0.4) is 0 Å². The van der Waals surface area contributed by atoms with E-state index in [1.165, 1.54) is 4.57 Å². The summed E-state index contributed by atoms with van der Waals surface area (Å²) in [7, 11) is 0. The Morgan fingerprint density at radius 1 is 1.50 bits per heavy atom. The standard InChI is InChI=1S/C11H13BrN2O2/c1-6-10(12)7(2)14(11(16)13-6)5-9(15)8-3-4-8/h8H,3-5H2,1-2H3. The Bertz CT molecular complexity index is 503. The molecule has 1 aromatic heterocycles. The first-order valence-electron chi connectivity index (χ1n) is 5.27. The van der Waals surface area contributed by atoms with Crippen molar-refractivity contribution in [2.24, 2.45) is 5.92 Å². The molecule has 1 saturated carbocycles. The highest BCUT2D eigenvalue weighted by atomic mass is 79.9. The van der Waals surface area contributed by atoms with Crippen molar-refractivity contribution in [2.45, 2.75) is 33.2 Å². The van der Waals surface area contributed by atoms with Gasteiger partial charge in [-0.15, -0.1) is 0 Å². The fourth-order valence-electron chi connectivity index (χ4n) is 1.65. The van der Waals surface area contributed by atoms with E-state index in [2.05, 4.69) is 20.9 Å². The first kappa shape index (κ1) is 11.5. The average Bonchev–Trinajstić information content (AvgIpc) is 3.04. The highest BCUT2D eigenvalue weighted by Gasteiger charge is 2.30. The lowest BCUT2D eigenvalue weighted by Crippen LogP contribution is -2.30. The van der Waals surface area contributed by atoms with Crippen LogP contribution in [0.15, 0.2) is 9.27 Å². The van der Waals surface area contributed by atoms with Gasteiger partial charge in [0.05, 0.1) is 16.7 Å². The molecule has 1 aliphatic rings. The number of halogens is 1. The molecule has 0 aromatic carbocycles. The second-order valence-corrected chi connectivity index (χ2v) is 5.00. The van der Waals surface area contributed by atoms with Gasteiger partial charge in [-0.05, 0) is 42.6 Å². The summed E-state index contributed by atoms with van der Waals surface area (Å²) in [5, 5.41) is 0. The Kier molecular flexibility index (Phi) is 2.97. The predicted molar refractivity (Wildman–Crippen MR) is 63.4 cm³/mol. The first-order valence-corrected chi connectivity index (χ1v) is 6.06. The molecule has 5 heteroatoms. The molecule has 1 aliphatic carbocycles. The summed E-state index contributed by atoms with van der Waals surface area (Å²) in [4.78, 5) is 27.2. The third-order valence-electron chi connectivity index (χ3n) is 2.88. The first-order chi connectivity index (χ1) is 7.50. The maximum Gasteiger partial charge on any atom is 0.348 e. The number of nitrogens with zero attached hydrogens (tertiary/aromatic N) is 2. The number of Topliss-reactive ketones (excluding diaryl/α,β-unsaturated/α-hetero) is 1. The molecule has 0 spiro atoms. The lowest BCUT2D eigenvalue weighted by molar-refractivity contribution is -0.120. The predicted octanol–water partition coefficient (Wildman–Crippen LogP) is 1.60. The zero-order valence-electron chi connectivity index (χ0n) is 9.29. The summed E-state index contributed by atoms with van der Waals surface area (Å²) < 4.78 is 2.24. The van der Waals surface area contributed by atoms with Gasteiger partial charge in [-0.3, -0.25) is 9.36 Å². The van der Waals surface area contributed by atoms with Crippen LogP contribution in [0.1, 0.15) is 24.2 Å². The molecular formula is C11H13BrN2O2. The smallest absolute Gasteiger partial charge is 0.297 e. The van der Waals surface area contributed by atoms with Crippen molar-refractivity contribution < 1.29 is 4.79 Å². The minimum absolute atomic E-state index is 0.141. The van der Waals surface area contributed by atoms with Crippen LogP contribution in [0.25, 0.3) is 0 Å². The molecular weight excluding hydrogens is 272 g/mol. The lowest BCUT2D eigenvalue weighted by atomic mass is 10.2. The van der Waals surface area contributed by atoms with Gasteiger partial charge in [0.15, 0.2) is 5.78 Å². The van der Waals surface area contributed by atoms with Gasteiger partial charge in [-0.25, -0.2) is 4.79 Å². The molecule has 0 bridgehead atoms. The lowest BCUT2D eigenvalue weighted by Gasteiger charge is -2.10. The van der Waals surface area contributed by atoms with Gasteiger partial charge in [-0.2, -0.15) is 4.98 Å². The number of aromatic nitrogens is 2. The largest absolute Gasteiger partial charge is 0.348 e. The van der Waals surface area contributed by atoms with E-state index in [0.29, 0.717) is 5.69 Å². The van der Waals surface area contributed by atoms with Crippen molar-refractivity contribution in [3.05, 3.63) is 26.3 Å². The topological polar surface area (TPSA) is 52.0 Å². The average molecular weight is 285 g/mol. The third-order valence-corrected chi connectivity index (χ3v) is 4.03. The van der Waals surface area contributed by atoms with Crippen LogP contribution in [0.2, 0.25) is 0 Å². The summed E-state index contributed by atoms with van der Waals surface area (Å²) in [6, 6.07) is 0. The summed E-state index contributed by atoms with van der Waals surface area (Å²) in [6.45, 7) is 3.74. The summed E-state index contributed by atoms with van der Waals surface area (Å²) in [5.74, 6) is 0.314. The monoisotopic (exact) mass is 284 g/mol. The van der Waals surface area contributed by atoms with Gasteiger partial charge in [0.1, 0.15) is 0 Å². The van der Waals surface area contributed by atoms with E-state index < -0.39 is 0 Å². The van der Waals surface area contributed by atoms with Crippen molar-refractivity contribution in [3.8, 4) is 0 Å². The van der Waals surface area contributed by atoms with Gasteiger partial charge < -0.3 is 0 Å². The summed E-state index contributed by atoms with van der Waals surface area (Å²) in [6.07, 6.45) is 1.93. The SMILES string of the molecule is Cc1nc(=O)n(CC(=O)C2CC2)c(C)c1Br. The molecule has 0 aliphatic heterocycles. The molecule has 0 unspecified atom stereocenters. The fraction of sp³-hybridized carbons (Fsp3) is 0.545. The second kappa shape index (κ2) is 4.13. The number of ketones is 1. The van der Waals surface area contributed by atoms with Gasteiger partial charge in [-0.1, -0.05) is 0 Å². The van der Waals surface area contributed by atoms with Crippen LogP contribution in [-0.2, 0) is 11.3 Å². The van der Waals surface area contributed by atoms with E-state index in [1.807, 2.05) is 6.92 Å². The van der Waals surface area contributed by atoms with Crippen molar-refractivity contribution in [1.29, 1.82) is 0 Å². The summed E-state index contributed by atoms with van der Waals surface area (Å²) >= 11 is 3.37. The van der Waals surface area contributed by atoms with Crippen molar-refractivity contribution in [2.75, 3.05) is 0 Å². The molecule has 1 heterocycles. The second-order valence-electron chi connectivity index (χ2n) is 4.21.